The van der Waals surface area contributed by atoms with Crippen LogP contribution in [-0.2, 0) is 0 Å². The highest BCUT2D eigenvalue weighted by molar-refractivity contribution is 7.98. The van der Waals surface area contributed by atoms with Crippen LogP contribution in [0.2, 0.25) is 0 Å². The highest BCUT2D eigenvalue weighted by Crippen LogP contribution is 2.19. The molecule has 0 aliphatic rings. The van der Waals surface area contributed by atoms with Crippen molar-refractivity contribution in [3.05, 3.63) is 58.8 Å². The quantitative estimate of drug-likeness (QED) is 0.419. The van der Waals surface area contributed by atoms with Crippen molar-refractivity contribution in [2.75, 3.05) is 6.26 Å². The summed E-state index contributed by atoms with van der Waals surface area (Å²) < 4.78 is 3.43. The number of thioether (sulfide) groups is 1. The molecule has 0 radical (unpaired) electrons. The van der Waals surface area contributed by atoms with Gasteiger partial charge in [0, 0.05) is 18.6 Å². The molecule has 114 valence electrons. The molecule has 3 heterocycles. The Balaban J connectivity index is 2.21. The topological polar surface area (TPSA) is 65.1 Å². The second-order valence-electron chi connectivity index (χ2n) is 5.12. The van der Waals surface area contributed by atoms with Gasteiger partial charge in [0.25, 0.3) is 5.56 Å². The molecule has 3 aromatic heterocycles. The lowest BCUT2D eigenvalue weighted by Crippen LogP contribution is -2.23. The third kappa shape index (κ3) is 2.04. The van der Waals surface area contributed by atoms with Gasteiger partial charge in [0.15, 0.2) is 10.8 Å². The average Bonchev–Trinajstić information content (AvgIpc) is 3.05. The molecule has 0 saturated carbocycles. The van der Waals surface area contributed by atoms with Crippen LogP contribution in [0.3, 0.4) is 0 Å². The molecule has 7 heteroatoms. The lowest BCUT2D eigenvalue weighted by Gasteiger charge is -2.12. The van der Waals surface area contributed by atoms with Crippen LogP contribution < -0.4 is 5.56 Å². The van der Waals surface area contributed by atoms with Crippen LogP contribution in [0.4, 0.5) is 0 Å². The van der Waals surface area contributed by atoms with Crippen molar-refractivity contribution in [3.8, 4) is 5.69 Å². The maximum Gasteiger partial charge on any atom is 0.270 e. The van der Waals surface area contributed by atoms with E-state index < -0.39 is 0 Å². The number of hydrogen-bond donors (Lipinski definition) is 0. The van der Waals surface area contributed by atoms with E-state index in [4.69, 9.17) is 0 Å². The first-order valence-corrected chi connectivity index (χ1v) is 8.28. The summed E-state index contributed by atoms with van der Waals surface area (Å²) in [5, 5.41) is 1.09. The maximum absolute atomic E-state index is 13.0. The number of aromatic nitrogens is 5. The molecule has 23 heavy (non-hydrogen) atoms. The minimum absolute atomic E-state index is 0.166. The van der Waals surface area contributed by atoms with Gasteiger partial charge in [-0.1, -0.05) is 30.0 Å². The zero-order chi connectivity index (χ0) is 16.0. The second-order valence-corrected chi connectivity index (χ2v) is 5.89. The fraction of sp³-hybridized carbons (Fsp3) is 0.125. The Morgan fingerprint density at radius 1 is 1.17 bits per heavy atom. The van der Waals surface area contributed by atoms with Crippen LogP contribution in [0, 0.1) is 6.92 Å². The Bertz CT molecular complexity index is 1100. The number of nitrogens with zero attached hydrogens (tertiary/aromatic N) is 5. The molecule has 4 aromatic rings. The van der Waals surface area contributed by atoms with Gasteiger partial charge in [-0.2, -0.15) is 0 Å². The molecule has 0 aliphatic heterocycles. The predicted octanol–water partition coefficient (Wildman–Crippen LogP) is 2.46. The summed E-state index contributed by atoms with van der Waals surface area (Å²) in [6, 6.07) is 7.74. The van der Waals surface area contributed by atoms with E-state index in [2.05, 4.69) is 15.0 Å². The number of para-hydroxylation sites is 1. The van der Waals surface area contributed by atoms with Crippen LogP contribution >= 0.6 is 11.8 Å². The summed E-state index contributed by atoms with van der Waals surface area (Å²) in [7, 11) is 0. The summed E-state index contributed by atoms with van der Waals surface area (Å²) in [4.78, 5) is 26.1. The van der Waals surface area contributed by atoms with E-state index in [1.807, 2.05) is 48.0 Å². The van der Waals surface area contributed by atoms with Crippen molar-refractivity contribution in [1.82, 2.24) is 23.9 Å². The molecule has 0 atom stereocenters. The number of rotatable bonds is 2. The van der Waals surface area contributed by atoms with Crippen LogP contribution in [0.15, 0.2) is 52.8 Å². The molecule has 0 amide bonds. The van der Waals surface area contributed by atoms with Gasteiger partial charge < -0.3 is 0 Å². The van der Waals surface area contributed by atoms with E-state index in [1.165, 1.54) is 11.8 Å². The van der Waals surface area contributed by atoms with Gasteiger partial charge in [-0.25, -0.2) is 19.5 Å². The van der Waals surface area contributed by atoms with Gasteiger partial charge in [-0.05, 0) is 24.8 Å². The lowest BCUT2D eigenvalue weighted by molar-refractivity contribution is 0.922. The number of imidazole rings is 1. The Labute approximate surface area is 135 Å². The smallest absolute Gasteiger partial charge is 0.268 e. The fourth-order valence-electron chi connectivity index (χ4n) is 2.66. The molecule has 1 aromatic carbocycles. The van der Waals surface area contributed by atoms with Gasteiger partial charge in [0.2, 0.25) is 5.78 Å². The van der Waals surface area contributed by atoms with Gasteiger partial charge in [-0.3, -0.25) is 9.20 Å². The van der Waals surface area contributed by atoms with E-state index in [0.717, 1.165) is 11.3 Å². The van der Waals surface area contributed by atoms with E-state index in [-0.39, 0.29) is 5.56 Å². The monoisotopic (exact) mass is 323 g/mol. The van der Waals surface area contributed by atoms with Crippen molar-refractivity contribution in [2.45, 2.75) is 12.1 Å². The third-order valence-electron chi connectivity index (χ3n) is 3.77. The summed E-state index contributed by atoms with van der Waals surface area (Å²) in [6.07, 6.45) is 6.97. The number of aryl methyl sites for hydroxylation is 1. The Hall–Kier alpha value is -2.67. The summed E-state index contributed by atoms with van der Waals surface area (Å²) in [5.41, 5.74) is 2.22. The number of benzene rings is 1. The highest BCUT2D eigenvalue weighted by atomic mass is 32.2. The van der Waals surface area contributed by atoms with Crippen molar-refractivity contribution in [3.63, 3.8) is 0 Å². The lowest BCUT2D eigenvalue weighted by atomic mass is 10.2. The second kappa shape index (κ2) is 5.20. The SMILES string of the molecule is CSc1ncc2c(=O)n(-c3ccccc3C)c3nccn3c2n1. The van der Waals surface area contributed by atoms with Crippen molar-refractivity contribution in [1.29, 1.82) is 0 Å². The molecule has 4 rings (SSSR count). The normalized spacial score (nSPS) is 11.4. The third-order valence-corrected chi connectivity index (χ3v) is 4.33. The fourth-order valence-corrected chi connectivity index (χ4v) is 2.99. The Kier molecular flexibility index (Phi) is 3.16. The minimum atomic E-state index is -0.166. The largest absolute Gasteiger partial charge is 0.270 e. The molecule has 0 fully saturated rings. The summed E-state index contributed by atoms with van der Waals surface area (Å²) >= 11 is 1.44. The van der Waals surface area contributed by atoms with Crippen molar-refractivity contribution in [2.24, 2.45) is 0 Å². The number of fused-ring (bicyclic) bond motifs is 3. The zero-order valence-electron chi connectivity index (χ0n) is 12.6. The van der Waals surface area contributed by atoms with Gasteiger partial charge in [-0.15, -0.1) is 0 Å². The molecule has 0 aliphatic carbocycles. The van der Waals surface area contributed by atoms with E-state index in [9.17, 15) is 4.79 Å². The molecule has 0 saturated heterocycles. The first kappa shape index (κ1) is 14.0. The molecule has 0 N–H and O–H groups in total. The number of hydrogen-bond acceptors (Lipinski definition) is 5. The van der Waals surface area contributed by atoms with Gasteiger partial charge in [0.05, 0.1) is 5.69 Å². The molecular weight excluding hydrogens is 310 g/mol. The van der Waals surface area contributed by atoms with Gasteiger partial charge >= 0.3 is 0 Å². The first-order chi connectivity index (χ1) is 11.2. The summed E-state index contributed by atoms with van der Waals surface area (Å²) in [6.45, 7) is 1.97. The standard InChI is InChI=1S/C16H13N5OS/c1-10-5-3-4-6-12(10)21-14(22)11-9-18-15(23-2)19-13(11)20-8-7-17-16(20)21/h3-9H,1-2H3. The average molecular weight is 323 g/mol. The van der Waals surface area contributed by atoms with E-state index >= 15 is 0 Å². The Morgan fingerprint density at radius 3 is 2.78 bits per heavy atom. The molecule has 0 unspecified atom stereocenters. The van der Waals surface area contributed by atoms with E-state index in [1.54, 1.807) is 17.0 Å². The van der Waals surface area contributed by atoms with Crippen LogP contribution in [-0.4, -0.2) is 30.2 Å². The Morgan fingerprint density at radius 2 is 2.00 bits per heavy atom. The van der Waals surface area contributed by atoms with Crippen molar-refractivity contribution >= 4 is 28.6 Å². The first-order valence-electron chi connectivity index (χ1n) is 7.05. The molecule has 0 bridgehead atoms. The minimum Gasteiger partial charge on any atom is -0.268 e. The maximum atomic E-state index is 13.0. The molecule has 0 spiro atoms. The molecular formula is C16H13N5OS. The molecule has 6 nitrogen and oxygen atoms in total. The summed E-state index contributed by atoms with van der Waals surface area (Å²) in [5.74, 6) is 0.544. The van der Waals surface area contributed by atoms with Gasteiger partial charge in [0.1, 0.15) is 5.39 Å². The predicted molar refractivity (Wildman–Crippen MR) is 90.4 cm³/mol. The van der Waals surface area contributed by atoms with Crippen molar-refractivity contribution < 1.29 is 0 Å². The van der Waals surface area contributed by atoms with E-state index in [0.29, 0.717) is 22.0 Å². The van der Waals surface area contributed by atoms with Crippen LogP contribution in [0.1, 0.15) is 5.56 Å². The highest BCUT2D eigenvalue weighted by Gasteiger charge is 2.16. The van der Waals surface area contributed by atoms with Crippen LogP contribution in [0.5, 0.6) is 0 Å². The van der Waals surface area contributed by atoms with Crippen LogP contribution in [0.25, 0.3) is 22.5 Å². The zero-order valence-corrected chi connectivity index (χ0v) is 13.4.